The molecule has 1 aliphatic rings. The molecule has 1 aromatic heterocycles. The summed E-state index contributed by atoms with van der Waals surface area (Å²) in [5.41, 5.74) is 0.112. The van der Waals surface area contributed by atoms with Gasteiger partial charge in [-0.1, -0.05) is 13.0 Å². The van der Waals surface area contributed by atoms with Gasteiger partial charge in [-0.05, 0) is 31.0 Å². The second-order valence-corrected chi connectivity index (χ2v) is 5.52. The number of hydrogen-bond donors (Lipinski definition) is 2. The van der Waals surface area contributed by atoms with E-state index in [2.05, 4.69) is 24.8 Å². The Balaban J connectivity index is 1.82. The smallest absolute Gasteiger partial charge is 0.395 e. The van der Waals surface area contributed by atoms with E-state index in [0.717, 1.165) is 6.07 Å². The average molecular weight is 351 g/mol. The fourth-order valence-electron chi connectivity index (χ4n) is 2.53. The van der Waals surface area contributed by atoms with Crippen molar-refractivity contribution in [3.63, 3.8) is 0 Å². The number of H-pyrrole nitrogens is 1. The van der Waals surface area contributed by atoms with Crippen molar-refractivity contribution >= 4 is 5.91 Å². The van der Waals surface area contributed by atoms with Crippen LogP contribution < -0.4 is 20.3 Å². The number of hydrogen-bond acceptors (Lipinski definition) is 5. The normalized spacial score (nSPS) is 15.7. The first kappa shape index (κ1) is 16.9. The summed E-state index contributed by atoms with van der Waals surface area (Å²) in [6, 6.07) is 4.93. The molecule has 0 spiro atoms. The SMILES string of the molecule is CC[C@@H](NC(=O)c1cc(=O)[nH]c(C)n1)c1ccc2c(c1)OC(F)(F)O2. The summed E-state index contributed by atoms with van der Waals surface area (Å²) in [6.07, 6.45) is -3.21. The van der Waals surface area contributed by atoms with Crippen molar-refractivity contribution in [2.24, 2.45) is 0 Å². The van der Waals surface area contributed by atoms with E-state index >= 15 is 0 Å². The quantitative estimate of drug-likeness (QED) is 0.881. The maximum atomic E-state index is 13.1. The summed E-state index contributed by atoms with van der Waals surface area (Å²) >= 11 is 0. The molecule has 7 nitrogen and oxygen atoms in total. The molecular weight excluding hydrogens is 336 g/mol. The van der Waals surface area contributed by atoms with Gasteiger partial charge < -0.3 is 19.8 Å². The van der Waals surface area contributed by atoms with Crippen LogP contribution in [0.1, 0.15) is 41.3 Å². The molecule has 1 amide bonds. The van der Waals surface area contributed by atoms with Crippen molar-refractivity contribution in [3.05, 3.63) is 51.7 Å². The summed E-state index contributed by atoms with van der Waals surface area (Å²) < 4.78 is 35.0. The molecule has 1 atom stereocenters. The fraction of sp³-hybridized carbons (Fsp3) is 0.312. The third-order valence-electron chi connectivity index (χ3n) is 3.63. The van der Waals surface area contributed by atoms with Crippen LogP contribution in [0, 0.1) is 6.92 Å². The number of aryl methyl sites for hydroxylation is 1. The maximum Gasteiger partial charge on any atom is 0.586 e. The van der Waals surface area contributed by atoms with Gasteiger partial charge in [-0.2, -0.15) is 0 Å². The Hall–Kier alpha value is -2.97. The van der Waals surface area contributed by atoms with Crippen LogP contribution in [-0.4, -0.2) is 22.2 Å². The van der Waals surface area contributed by atoms with Crippen LogP contribution in [0.5, 0.6) is 11.5 Å². The molecule has 0 radical (unpaired) electrons. The highest BCUT2D eigenvalue weighted by Crippen LogP contribution is 2.42. The van der Waals surface area contributed by atoms with Gasteiger partial charge in [-0.15, -0.1) is 8.78 Å². The summed E-state index contributed by atoms with van der Waals surface area (Å²) in [5.74, 6) is -0.387. The zero-order valence-electron chi connectivity index (χ0n) is 13.4. The number of fused-ring (bicyclic) bond motifs is 1. The number of nitrogens with one attached hydrogen (secondary N) is 2. The predicted octanol–water partition coefficient (Wildman–Crippen LogP) is 2.28. The summed E-state index contributed by atoms with van der Waals surface area (Å²) in [7, 11) is 0. The summed E-state index contributed by atoms with van der Waals surface area (Å²) in [4.78, 5) is 30.2. The zero-order valence-corrected chi connectivity index (χ0v) is 13.4. The molecule has 25 heavy (non-hydrogen) atoms. The lowest BCUT2D eigenvalue weighted by Gasteiger charge is -2.17. The molecule has 0 saturated carbocycles. The van der Waals surface area contributed by atoms with Crippen LogP contribution in [0.2, 0.25) is 0 Å². The number of alkyl halides is 2. The van der Waals surface area contributed by atoms with Gasteiger partial charge in [0.25, 0.3) is 11.5 Å². The summed E-state index contributed by atoms with van der Waals surface area (Å²) in [6.45, 7) is 3.38. The molecule has 2 aromatic rings. The largest absolute Gasteiger partial charge is 0.586 e. The van der Waals surface area contributed by atoms with Gasteiger partial charge in [0.05, 0.1) is 6.04 Å². The van der Waals surface area contributed by atoms with E-state index in [-0.39, 0.29) is 17.2 Å². The number of carbonyl (C=O) groups is 1. The molecule has 0 saturated heterocycles. The van der Waals surface area contributed by atoms with Crippen molar-refractivity contribution in [2.45, 2.75) is 32.6 Å². The van der Waals surface area contributed by atoms with E-state index in [1.165, 1.54) is 12.1 Å². The molecule has 0 unspecified atom stereocenters. The van der Waals surface area contributed by atoms with Crippen molar-refractivity contribution in [2.75, 3.05) is 0 Å². The van der Waals surface area contributed by atoms with Crippen LogP contribution in [-0.2, 0) is 0 Å². The number of halogens is 2. The van der Waals surface area contributed by atoms with Crippen LogP contribution in [0.3, 0.4) is 0 Å². The molecule has 1 aliphatic heterocycles. The van der Waals surface area contributed by atoms with Crippen molar-refractivity contribution in [1.29, 1.82) is 0 Å². The zero-order chi connectivity index (χ0) is 18.2. The highest BCUT2D eigenvalue weighted by atomic mass is 19.3. The van der Waals surface area contributed by atoms with Gasteiger partial charge in [0.15, 0.2) is 11.5 Å². The van der Waals surface area contributed by atoms with Crippen molar-refractivity contribution in [1.82, 2.24) is 15.3 Å². The first-order valence-corrected chi connectivity index (χ1v) is 7.56. The Bertz CT molecular complexity index is 882. The Morgan fingerprint density at radius 2 is 2.04 bits per heavy atom. The first-order valence-electron chi connectivity index (χ1n) is 7.56. The van der Waals surface area contributed by atoms with E-state index in [9.17, 15) is 18.4 Å². The van der Waals surface area contributed by atoms with Gasteiger partial charge in [-0.3, -0.25) is 9.59 Å². The number of rotatable bonds is 4. The molecule has 9 heteroatoms. The van der Waals surface area contributed by atoms with Crippen LogP contribution >= 0.6 is 0 Å². The van der Waals surface area contributed by atoms with E-state index < -0.39 is 23.8 Å². The Kier molecular flexibility index (Phi) is 4.15. The minimum atomic E-state index is -3.70. The highest BCUT2D eigenvalue weighted by molar-refractivity contribution is 5.92. The number of nitrogens with zero attached hydrogens (tertiary/aromatic N) is 1. The third kappa shape index (κ3) is 3.59. The Labute approximate surface area is 141 Å². The number of carbonyl (C=O) groups excluding carboxylic acids is 1. The number of aromatic nitrogens is 2. The molecule has 1 aromatic carbocycles. The average Bonchev–Trinajstić information content (AvgIpc) is 2.84. The molecule has 0 fully saturated rings. The Morgan fingerprint density at radius 3 is 2.72 bits per heavy atom. The fourth-order valence-corrected chi connectivity index (χ4v) is 2.53. The van der Waals surface area contributed by atoms with Gasteiger partial charge in [0.2, 0.25) is 0 Å². The predicted molar refractivity (Wildman–Crippen MR) is 82.7 cm³/mol. The number of benzene rings is 1. The van der Waals surface area contributed by atoms with Gasteiger partial charge in [-0.25, -0.2) is 4.98 Å². The maximum absolute atomic E-state index is 13.1. The molecule has 132 valence electrons. The minimum absolute atomic E-state index is 0.0213. The van der Waals surface area contributed by atoms with Gasteiger partial charge >= 0.3 is 6.29 Å². The van der Waals surface area contributed by atoms with E-state index in [0.29, 0.717) is 17.8 Å². The molecule has 0 bridgehead atoms. The first-order chi connectivity index (χ1) is 11.8. The third-order valence-corrected chi connectivity index (χ3v) is 3.63. The standard InChI is InChI=1S/C16H15F2N3O4/c1-3-10(21-15(23)11-7-14(22)20-8(2)19-11)9-4-5-12-13(6-9)25-16(17,18)24-12/h4-7,10H,3H2,1-2H3,(H,21,23)(H,19,20,22)/t10-/m1/s1. The monoisotopic (exact) mass is 351 g/mol. The van der Waals surface area contributed by atoms with Crippen molar-refractivity contribution in [3.8, 4) is 11.5 Å². The second-order valence-electron chi connectivity index (χ2n) is 5.52. The lowest BCUT2D eigenvalue weighted by atomic mass is 10.0. The number of aromatic amines is 1. The molecule has 3 rings (SSSR count). The van der Waals surface area contributed by atoms with Crippen molar-refractivity contribution < 1.29 is 23.0 Å². The lowest BCUT2D eigenvalue weighted by molar-refractivity contribution is -0.286. The molecule has 2 heterocycles. The van der Waals surface area contributed by atoms with E-state index in [1.54, 1.807) is 13.0 Å². The highest BCUT2D eigenvalue weighted by Gasteiger charge is 2.43. The molecular formula is C16H15F2N3O4. The van der Waals surface area contributed by atoms with E-state index in [4.69, 9.17) is 0 Å². The van der Waals surface area contributed by atoms with E-state index in [1.807, 2.05) is 6.92 Å². The number of amides is 1. The number of ether oxygens (including phenoxy) is 2. The van der Waals surface area contributed by atoms with Crippen LogP contribution in [0.25, 0.3) is 0 Å². The van der Waals surface area contributed by atoms with Gasteiger partial charge in [0.1, 0.15) is 11.5 Å². The van der Waals surface area contributed by atoms with Crippen LogP contribution in [0.4, 0.5) is 8.78 Å². The topological polar surface area (TPSA) is 93.3 Å². The lowest BCUT2D eigenvalue weighted by Crippen LogP contribution is -2.30. The molecule has 2 N–H and O–H groups in total. The minimum Gasteiger partial charge on any atom is -0.395 e. The van der Waals surface area contributed by atoms with Gasteiger partial charge in [0, 0.05) is 6.07 Å². The molecule has 0 aliphatic carbocycles. The van der Waals surface area contributed by atoms with Crippen LogP contribution in [0.15, 0.2) is 29.1 Å². The summed E-state index contributed by atoms with van der Waals surface area (Å²) in [5, 5.41) is 2.73. The Morgan fingerprint density at radius 1 is 1.32 bits per heavy atom. The second kappa shape index (κ2) is 6.15.